The lowest BCUT2D eigenvalue weighted by atomic mass is 10.1. The number of hydrogen-bond acceptors (Lipinski definition) is 4. The molecule has 1 aliphatic rings. The largest absolute Gasteiger partial charge is 0.391 e. The number of H-pyrrole nitrogens is 1. The molecule has 0 saturated carbocycles. The first-order chi connectivity index (χ1) is 13.0. The highest BCUT2D eigenvalue weighted by molar-refractivity contribution is 6.02. The van der Waals surface area contributed by atoms with Gasteiger partial charge in [-0.05, 0) is 42.5 Å². The fourth-order valence-electron chi connectivity index (χ4n) is 3.29. The van der Waals surface area contributed by atoms with Crippen molar-refractivity contribution in [3.63, 3.8) is 0 Å². The summed E-state index contributed by atoms with van der Waals surface area (Å²) in [5, 5.41) is 20.4. The molecule has 0 radical (unpaired) electrons. The molecule has 7 nitrogen and oxygen atoms in total. The average Bonchev–Trinajstić information content (AvgIpc) is 3.27. The molecule has 1 saturated heterocycles. The Morgan fingerprint density at radius 3 is 2.78 bits per heavy atom. The Balaban J connectivity index is 1.53. The highest BCUT2D eigenvalue weighted by Crippen LogP contribution is 2.23. The van der Waals surface area contributed by atoms with Crippen molar-refractivity contribution in [3.8, 4) is 0 Å². The van der Waals surface area contributed by atoms with Crippen molar-refractivity contribution in [2.75, 3.05) is 11.9 Å². The van der Waals surface area contributed by atoms with Crippen LogP contribution in [0.2, 0.25) is 0 Å². The van der Waals surface area contributed by atoms with Crippen LogP contribution in [0.3, 0.4) is 0 Å². The molecule has 1 fully saturated rings. The van der Waals surface area contributed by atoms with Gasteiger partial charge in [-0.1, -0.05) is 0 Å². The van der Waals surface area contributed by atoms with Crippen LogP contribution in [0.15, 0.2) is 48.7 Å². The van der Waals surface area contributed by atoms with Gasteiger partial charge in [-0.25, -0.2) is 4.39 Å². The van der Waals surface area contributed by atoms with Crippen molar-refractivity contribution in [2.24, 2.45) is 0 Å². The summed E-state index contributed by atoms with van der Waals surface area (Å²) < 4.78 is 13.1. The fraction of sp³-hybridized carbons (Fsp3) is 0.211. The highest BCUT2D eigenvalue weighted by atomic mass is 19.1. The molecule has 3 aromatic rings. The van der Waals surface area contributed by atoms with Crippen molar-refractivity contribution in [1.82, 2.24) is 15.1 Å². The number of β-amino-alcohol motifs (C(OH)–C–C–N with tert-alkyl or cyclic N) is 1. The minimum atomic E-state index is -0.808. The van der Waals surface area contributed by atoms with E-state index in [9.17, 15) is 19.1 Å². The van der Waals surface area contributed by atoms with Crippen LogP contribution < -0.4 is 5.32 Å². The van der Waals surface area contributed by atoms with Crippen LogP contribution in [0, 0.1) is 5.82 Å². The van der Waals surface area contributed by atoms with Gasteiger partial charge in [0.2, 0.25) is 5.91 Å². The second kappa shape index (κ2) is 6.81. The number of rotatable bonds is 3. The second-order valence-corrected chi connectivity index (χ2v) is 6.53. The van der Waals surface area contributed by atoms with Crippen molar-refractivity contribution in [2.45, 2.75) is 18.6 Å². The minimum Gasteiger partial charge on any atom is -0.391 e. The number of aliphatic hydroxyl groups excluding tert-OH is 1. The van der Waals surface area contributed by atoms with Gasteiger partial charge in [0.1, 0.15) is 11.9 Å². The van der Waals surface area contributed by atoms with Gasteiger partial charge >= 0.3 is 0 Å². The molecule has 0 aliphatic carbocycles. The number of aliphatic hydroxyl groups is 1. The number of carbonyl (C=O) groups excluding carboxylic acids is 2. The maximum atomic E-state index is 13.1. The Morgan fingerprint density at radius 2 is 2.00 bits per heavy atom. The van der Waals surface area contributed by atoms with E-state index < -0.39 is 23.9 Å². The molecule has 1 aromatic heterocycles. The van der Waals surface area contributed by atoms with Crippen LogP contribution in [0.1, 0.15) is 16.8 Å². The van der Waals surface area contributed by atoms with Gasteiger partial charge in [0.25, 0.3) is 5.91 Å². The van der Waals surface area contributed by atoms with Crippen molar-refractivity contribution >= 4 is 28.4 Å². The first-order valence-electron chi connectivity index (χ1n) is 8.50. The zero-order chi connectivity index (χ0) is 19.0. The quantitative estimate of drug-likeness (QED) is 0.658. The summed E-state index contributed by atoms with van der Waals surface area (Å²) in [7, 11) is 0. The second-order valence-electron chi connectivity index (χ2n) is 6.53. The van der Waals surface area contributed by atoms with E-state index in [0.717, 1.165) is 10.9 Å². The molecule has 0 bridgehead atoms. The molecule has 8 heteroatoms. The van der Waals surface area contributed by atoms with Crippen LogP contribution >= 0.6 is 0 Å². The van der Waals surface area contributed by atoms with E-state index in [4.69, 9.17) is 0 Å². The van der Waals surface area contributed by atoms with E-state index >= 15 is 0 Å². The Kier molecular flexibility index (Phi) is 4.33. The summed E-state index contributed by atoms with van der Waals surface area (Å²) in [6.45, 7) is 0.0507. The number of anilines is 1. The molecular formula is C19H17FN4O3. The van der Waals surface area contributed by atoms with Gasteiger partial charge in [-0.3, -0.25) is 14.7 Å². The zero-order valence-electron chi connectivity index (χ0n) is 14.2. The Bertz CT molecular complexity index is 1000. The minimum absolute atomic E-state index is 0.0507. The SMILES string of the molecule is O=C(Nc1ccc2[nH]ncc2c1)[C@H]1C[C@H](O)CN1C(=O)c1ccc(F)cc1. The van der Waals surface area contributed by atoms with Crippen molar-refractivity contribution < 1.29 is 19.1 Å². The predicted molar refractivity (Wildman–Crippen MR) is 96.6 cm³/mol. The van der Waals surface area contributed by atoms with Crippen LogP contribution in [-0.4, -0.2) is 50.7 Å². The molecule has 1 aliphatic heterocycles. The van der Waals surface area contributed by atoms with Crippen molar-refractivity contribution in [3.05, 3.63) is 60.0 Å². The first-order valence-corrected chi connectivity index (χ1v) is 8.50. The monoisotopic (exact) mass is 368 g/mol. The molecule has 2 aromatic carbocycles. The van der Waals surface area contributed by atoms with Gasteiger partial charge in [-0.15, -0.1) is 0 Å². The van der Waals surface area contributed by atoms with E-state index in [0.29, 0.717) is 5.69 Å². The van der Waals surface area contributed by atoms with E-state index in [1.54, 1.807) is 24.4 Å². The van der Waals surface area contributed by atoms with Gasteiger partial charge in [-0.2, -0.15) is 5.10 Å². The smallest absolute Gasteiger partial charge is 0.254 e. The Labute approximate surface area is 153 Å². The normalized spacial score (nSPS) is 19.4. The summed E-state index contributed by atoms with van der Waals surface area (Å²) in [4.78, 5) is 26.8. The third kappa shape index (κ3) is 3.39. The number of benzene rings is 2. The molecule has 2 atom stereocenters. The average molecular weight is 368 g/mol. The lowest BCUT2D eigenvalue weighted by Crippen LogP contribution is -2.43. The van der Waals surface area contributed by atoms with Crippen LogP contribution in [0.25, 0.3) is 10.9 Å². The van der Waals surface area contributed by atoms with E-state index in [1.165, 1.54) is 29.2 Å². The first kappa shape index (κ1) is 17.2. The summed E-state index contributed by atoms with van der Waals surface area (Å²) in [5.41, 5.74) is 1.69. The third-order valence-corrected chi connectivity index (χ3v) is 4.64. The standard InChI is InChI=1S/C19H17FN4O3/c20-13-3-1-11(2-4-13)19(27)24-10-15(25)8-17(24)18(26)22-14-5-6-16-12(7-14)9-21-23-16/h1-7,9,15,17,25H,8,10H2,(H,21,23)(H,22,26)/t15-,17+/m0/s1. The summed E-state index contributed by atoms with van der Waals surface area (Å²) in [6.07, 6.45) is 1.00. The van der Waals surface area contributed by atoms with Gasteiger partial charge in [0.15, 0.2) is 0 Å². The molecule has 0 unspecified atom stereocenters. The Hall–Kier alpha value is -3.26. The predicted octanol–water partition coefficient (Wildman–Crippen LogP) is 1.92. The summed E-state index contributed by atoms with van der Waals surface area (Å²) >= 11 is 0. The molecule has 27 heavy (non-hydrogen) atoms. The number of aromatic amines is 1. The van der Waals surface area contributed by atoms with Gasteiger partial charge in [0, 0.05) is 29.6 Å². The number of halogens is 1. The van der Waals surface area contributed by atoms with Gasteiger partial charge < -0.3 is 15.3 Å². The maximum Gasteiger partial charge on any atom is 0.254 e. The van der Waals surface area contributed by atoms with Crippen LogP contribution in [-0.2, 0) is 4.79 Å². The molecule has 0 spiro atoms. The van der Waals surface area contributed by atoms with E-state index in [2.05, 4.69) is 15.5 Å². The molecule has 2 amide bonds. The molecule has 138 valence electrons. The van der Waals surface area contributed by atoms with Crippen molar-refractivity contribution in [1.29, 1.82) is 0 Å². The molecule has 3 N–H and O–H groups in total. The molecule has 2 heterocycles. The number of amides is 2. The van der Waals surface area contributed by atoms with E-state index in [-0.39, 0.29) is 24.4 Å². The number of carbonyl (C=O) groups is 2. The number of fused-ring (bicyclic) bond motifs is 1. The third-order valence-electron chi connectivity index (χ3n) is 4.64. The fourth-order valence-corrected chi connectivity index (χ4v) is 3.29. The Morgan fingerprint density at radius 1 is 1.22 bits per heavy atom. The number of aromatic nitrogens is 2. The van der Waals surface area contributed by atoms with Crippen LogP contribution in [0.5, 0.6) is 0 Å². The maximum absolute atomic E-state index is 13.1. The number of nitrogens with one attached hydrogen (secondary N) is 2. The number of nitrogens with zero attached hydrogens (tertiary/aromatic N) is 2. The number of hydrogen-bond donors (Lipinski definition) is 3. The molecule has 4 rings (SSSR count). The summed E-state index contributed by atoms with van der Waals surface area (Å²) in [5.74, 6) is -1.25. The van der Waals surface area contributed by atoms with Crippen LogP contribution in [0.4, 0.5) is 10.1 Å². The van der Waals surface area contributed by atoms with Gasteiger partial charge in [0.05, 0.1) is 17.8 Å². The lowest BCUT2D eigenvalue weighted by Gasteiger charge is -2.23. The van der Waals surface area contributed by atoms with E-state index in [1.807, 2.05) is 0 Å². The highest BCUT2D eigenvalue weighted by Gasteiger charge is 2.39. The number of likely N-dealkylation sites (tertiary alicyclic amines) is 1. The lowest BCUT2D eigenvalue weighted by molar-refractivity contribution is -0.119. The summed E-state index contributed by atoms with van der Waals surface area (Å²) in [6, 6.07) is 9.60. The zero-order valence-corrected chi connectivity index (χ0v) is 14.2. The topological polar surface area (TPSA) is 98.3 Å². The molecular weight excluding hydrogens is 351 g/mol.